The Morgan fingerprint density at radius 3 is 1.40 bits per heavy atom. The number of esters is 3. The molecule has 0 amide bonds. The first-order chi connectivity index (χ1) is 17.9. The number of alkyl halides is 6. The minimum absolute atomic E-state index is 0.285. The van der Waals surface area contributed by atoms with E-state index in [9.17, 15) is 45.5 Å². The van der Waals surface area contributed by atoms with Crippen molar-refractivity contribution >= 4 is 23.7 Å². The van der Waals surface area contributed by atoms with Crippen molar-refractivity contribution in [2.75, 3.05) is 7.11 Å². The van der Waals surface area contributed by atoms with Crippen LogP contribution < -0.4 is 0 Å². The third kappa shape index (κ3) is 10.2. The van der Waals surface area contributed by atoms with Crippen molar-refractivity contribution in [2.45, 2.75) is 110 Å². The van der Waals surface area contributed by atoms with Gasteiger partial charge in [0.1, 0.15) is 11.4 Å². The maximum absolute atomic E-state index is 13.3. The van der Waals surface area contributed by atoms with E-state index in [0.29, 0.717) is 20.3 Å². The minimum atomic E-state index is -4.95. The van der Waals surface area contributed by atoms with Gasteiger partial charge in [-0.25, -0.2) is 0 Å². The molecule has 0 bridgehead atoms. The van der Waals surface area contributed by atoms with E-state index in [0.717, 1.165) is 6.92 Å². The molecule has 0 heterocycles. The summed E-state index contributed by atoms with van der Waals surface area (Å²) in [6, 6.07) is 0. The Labute approximate surface area is 229 Å². The maximum Gasteiger partial charge on any atom is 0.425 e. The van der Waals surface area contributed by atoms with Gasteiger partial charge in [-0.3, -0.25) is 19.2 Å². The fourth-order valence-corrected chi connectivity index (χ4v) is 4.20. The van der Waals surface area contributed by atoms with Crippen LogP contribution in [0, 0.1) is 23.7 Å². The number of Topliss-reactive ketones (excluding diaryl/α,β-unsaturated/α-hetero) is 1. The van der Waals surface area contributed by atoms with Gasteiger partial charge < -0.3 is 18.9 Å². The Kier molecular flexibility index (Phi) is 11.6. The Hall–Kier alpha value is -2.38. The highest BCUT2D eigenvalue weighted by molar-refractivity contribution is 5.89. The molecule has 0 spiro atoms. The number of hydrogen-bond donors (Lipinski definition) is 0. The van der Waals surface area contributed by atoms with Crippen molar-refractivity contribution < 1.29 is 64.5 Å². The predicted octanol–water partition coefficient (Wildman–Crippen LogP) is 5.35. The average molecular weight is 593 g/mol. The Morgan fingerprint density at radius 1 is 0.675 bits per heavy atom. The van der Waals surface area contributed by atoms with Crippen molar-refractivity contribution in [3.8, 4) is 0 Å². The van der Waals surface area contributed by atoms with Gasteiger partial charge in [0.15, 0.2) is 12.2 Å². The molecule has 6 atom stereocenters. The molecule has 0 N–H and O–H groups in total. The van der Waals surface area contributed by atoms with Gasteiger partial charge in [0.25, 0.3) is 0 Å². The summed E-state index contributed by atoms with van der Waals surface area (Å²) < 4.78 is 98.2. The molecule has 0 aromatic heterocycles. The minimum Gasteiger partial charge on any atom is -0.459 e. The lowest BCUT2D eigenvalue weighted by Crippen LogP contribution is -2.48. The molecule has 0 saturated heterocycles. The first-order valence-electron chi connectivity index (χ1n) is 12.7. The normalized spacial score (nSPS) is 24.1. The standard InChI is InChI=1S/C26H38F6O8/c1-13(33)16-11-19(22(36)40-24(6,7)10-9-23(4,5)37-8)18(21(35)39-15(3)26(30,31)32)12-17(16)20(34)38-14(2)25(27,28)29/h14-19H,9-12H2,1-8H3. The first kappa shape index (κ1) is 35.6. The number of ether oxygens (including phenoxy) is 4. The second kappa shape index (κ2) is 13.1. The summed E-state index contributed by atoms with van der Waals surface area (Å²) in [6.07, 6.45) is -15.6. The summed E-state index contributed by atoms with van der Waals surface area (Å²) in [5, 5.41) is 0. The van der Waals surface area contributed by atoms with E-state index < -0.39 is 96.0 Å². The highest BCUT2D eigenvalue weighted by Crippen LogP contribution is 2.42. The van der Waals surface area contributed by atoms with E-state index in [2.05, 4.69) is 9.47 Å². The molecule has 14 heteroatoms. The van der Waals surface area contributed by atoms with Gasteiger partial charge in [-0.1, -0.05) is 0 Å². The van der Waals surface area contributed by atoms with Crippen LogP contribution in [-0.2, 0) is 38.1 Å². The summed E-state index contributed by atoms with van der Waals surface area (Å²) in [5.74, 6) is -10.9. The van der Waals surface area contributed by atoms with E-state index in [1.54, 1.807) is 27.7 Å². The van der Waals surface area contributed by atoms with E-state index in [4.69, 9.17) is 9.47 Å². The molecule has 6 unspecified atom stereocenters. The number of rotatable bonds is 11. The molecule has 0 radical (unpaired) electrons. The predicted molar refractivity (Wildman–Crippen MR) is 128 cm³/mol. The monoisotopic (exact) mass is 592 g/mol. The summed E-state index contributed by atoms with van der Waals surface area (Å²) in [6.45, 7) is 8.91. The smallest absolute Gasteiger partial charge is 0.425 e. The van der Waals surface area contributed by atoms with Gasteiger partial charge in [-0.2, -0.15) is 26.3 Å². The molecule has 40 heavy (non-hydrogen) atoms. The largest absolute Gasteiger partial charge is 0.459 e. The van der Waals surface area contributed by atoms with Gasteiger partial charge in [0.2, 0.25) is 0 Å². The molecule has 0 aromatic carbocycles. The molecule has 0 aliphatic heterocycles. The highest BCUT2D eigenvalue weighted by Gasteiger charge is 2.52. The molecule has 1 saturated carbocycles. The van der Waals surface area contributed by atoms with Crippen LogP contribution in [0.25, 0.3) is 0 Å². The Balaban J connectivity index is 3.35. The zero-order chi connectivity index (χ0) is 31.4. The van der Waals surface area contributed by atoms with Crippen LogP contribution in [0.2, 0.25) is 0 Å². The van der Waals surface area contributed by atoms with Crippen LogP contribution in [0.15, 0.2) is 0 Å². The van der Waals surface area contributed by atoms with Crippen LogP contribution in [0.1, 0.15) is 74.1 Å². The van der Waals surface area contributed by atoms with Crippen molar-refractivity contribution in [2.24, 2.45) is 23.7 Å². The highest BCUT2D eigenvalue weighted by atomic mass is 19.4. The topological polar surface area (TPSA) is 105 Å². The number of hydrogen-bond acceptors (Lipinski definition) is 8. The van der Waals surface area contributed by atoms with Crippen molar-refractivity contribution in [1.29, 1.82) is 0 Å². The molecule has 8 nitrogen and oxygen atoms in total. The molecule has 232 valence electrons. The van der Waals surface area contributed by atoms with Crippen LogP contribution >= 0.6 is 0 Å². The van der Waals surface area contributed by atoms with Gasteiger partial charge in [0.05, 0.1) is 23.4 Å². The van der Waals surface area contributed by atoms with Crippen molar-refractivity contribution in [3.63, 3.8) is 0 Å². The lowest BCUT2D eigenvalue weighted by Gasteiger charge is -2.39. The van der Waals surface area contributed by atoms with Crippen molar-refractivity contribution in [1.82, 2.24) is 0 Å². The molecule has 1 rings (SSSR count). The molecular formula is C26H38F6O8. The second-order valence-corrected chi connectivity index (χ2v) is 11.4. The molecule has 0 aromatic rings. The van der Waals surface area contributed by atoms with E-state index in [1.807, 2.05) is 0 Å². The molecule has 1 aliphatic rings. The Morgan fingerprint density at radius 2 is 1.02 bits per heavy atom. The summed E-state index contributed by atoms with van der Waals surface area (Å²) in [4.78, 5) is 51.3. The van der Waals surface area contributed by atoms with Crippen LogP contribution in [0.3, 0.4) is 0 Å². The fourth-order valence-electron chi connectivity index (χ4n) is 4.20. The summed E-state index contributed by atoms with van der Waals surface area (Å²) in [7, 11) is 1.50. The zero-order valence-corrected chi connectivity index (χ0v) is 23.8. The maximum atomic E-state index is 13.3. The third-order valence-corrected chi connectivity index (χ3v) is 7.18. The number of carbonyl (C=O) groups is 4. The number of ketones is 1. The average Bonchev–Trinajstić information content (AvgIpc) is 2.80. The van der Waals surface area contributed by atoms with E-state index in [1.165, 1.54) is 7.11 Å². The van der Waals surface area contributed by atoms with Crippen LogP contribution in [0.5, 0.6) is 0 Å². The van der Waals surface area contributed by atoms with Gasteiger partial charge in [-0.05, 0) is 74.1 Å². The molecule has 1 fully saturated rings. The van der Waals surface area contributed by atoms with E-state index >= 15 is 0 Å². The van der Waals surface area contributed by atoms with Gasteiger partial charge in [0, 0.05) is 13.0 Å². The zero-order valence-electron chi connectivity index (χ0n) is 23.8. The molecular weight excluding hydrogens is 554 g/mol. The number of carbonyl (C=O) groups excluding carboxylic acids is 4. The molecule has 1 aliphatic carbocycles. The van der Waals surface area contributed by atoms with Gasteiger partial charge in [-0.15, -0.1) is 0 Å². The summed E-state index contributed by atoms with van der Waals surface area (Å²) in [5.41, 5.74) is -1.71. The van der Waals surface area contributed by atoms with Crippen LogP contribution in [-0.4, -0.2) is 66.6 Å². The van der Waals surface area contributed by atoms with E-state index in [-0.39, 0.29) is 6.42 Å². The number of halogens is 6. The van der Waals surface area contributed by atoms with Crippen LogP contribution in [0.4, 0.5) is 26.3 Å². The van der Waals surface area contributed by atoms with Crippen molar-refractivity contribution in [3.05, 3.63) is 0 Å². The second-order valence-electron chi connectivity index (χ2n) is 11.4. The third-order valence-electron chi connectivity index (χ3n) is 7.18. The lowest BCUT2D eigenvalue weighted by atomic mass is 9.66. The lowest BCUT2D eigenvalue weighted by molar-refractivity contribution is -0.224. The SMILES string of the molecule is COC(C)(C)CCC(C)(C)OC(=O)C1CC(C(C)=O)C(C(=O)OC(C)C(F)(F)F)CC1C(=O)OC(C)C(F)(F)F. The number of methoxy groups -OCH3 is 1. The van der Waals surface area contributed by atoms with Gasteiger partial charge >= 0.3 is 30.3 Å². The summed E-state index contributed by atoms with van der Waals surface area (Å²) >= 11 is 0. The fraction of sp³-hybridized carbons (Fsp3) is 0.846. The first-order valence-corrected chi connectivity index (χ1v) is 12.7. The quantitative estimate of drug-likeness (QED) is 0.180. The Bertz CT molecular complexity index is 927.